The number of hydrogen-bond acceptors (Lipinski definition) is 3. The van der Waals surface area contributed by atoms with Gasteiger partial charge < -0.3 is 9.80 Å². The zero-order chi connectivity index (χ0) is 17.0. The third kappa shape index (κ3) is 4.10. The predicted molar refractivity (Wildman–Crippen MR) is 89.1 cm³/mol. The molecule has 0 bridgehead atoms. The Morgan fingerprint density at radius 3 is 2.48 bits per heavy atom. The van der Waals surface area contributed by atoms with Crippen molar-refractivity contribution >= 4 is 15.9 Å². The molecule has 0 unspecified atom stereocenters. The van der Waals surface area contributed by atoms with Crippen LogP contribution in [0.25, 0.3) is 0 Å². The summed E-state index contributed by atoms with van der Waals surface area (Å²) >= 11 is 0. The number of piperazine rings is 1. The SMILES string of the molecule is CCC[NH+]1CCN(C(=O)c2cccc(S(=O)(=O)N(C)C)c2)CC1. The van der Waals surface area contributed by atoms with Crippen LogP contribution in [0, 0.1) is 0 Å². The van der Waals surface area contributed by atoms with Crippen LogP contribution in [0.2, 0.25) is 0 Å². The fourth-order valence-corrected chi connectivity index (χ4v) is 3.76. The van der Waals surface area contributed by atoms with Crippen molar-refractivity contribution < 1.29 is 18.1 Å². The van der Waals surface area contributed by atoms with Crippen LogP contribution in [0.15, 0.2) is 29.2 Å². The van der Waals surface area contributed by atoms with Crippen molar-refractivity contribution in [2.45, 2.75) is 18.2 Å². The van der Waals surface area contributed by atoms with Gasteiger partial charge in [0.15, 0.2) is 0 Å². The molecule has 0 saturated carbocycles. The Labute approximate surface area is 138 Å². The van der Waals surface area contributed by atoms with E-state index in [-0.39, 0.29) is 10.8 Å². The van der Waals surface area contributed by atoms with E-state index in [1.165, 1.54) is 31.1 Å². The zero-order valence-electron chi connectivity index (χ0n) is 14.1. The maximum Gasteiger partial charge on any atom is 0.254 e. The smallest absolute Gasteiger partial charge is 0.254 e. The van der Waals surface area contributed by atoms with Crippen LogP contribution in [0.5, 0.6) is 0 Å². The zero-order valence-corrected chi connectivity index (χ0v) is 14.9. The summed E-state index contributed by atoms with van der Waals surface area (Å²) in [6.45, 7) is 6.65. The number of carbonyl (C=O) groups excluding carboxylic acids is 1. The first-order valence-corrected chi connectivity index (χ1v) is 9.45. The van der Waals surface area contributed by atoms with E-state index >= 15 is 0 Å². The van der Waals surface area contributed by atoms with Gasteiger partial charge in [-0.15, -0.1) is 0 Å². The Kier molecular flexibility index (Phi) is 5.78. The number of quaternary nitrogens is 1. The molecule has 1 heterocycles. The Balaban J connectivity index is 2.12. The molecule has 6 nitrogen and oxygen atoms in total. The van der Waals surface area contributed by atoms with Crippen molar-refractivity contribution in [2.75, 3.05) is 46.8 Å². The van der Waals surface area contributed by atoms with Gasteiger partial charge in [0.1, 0.15) is 0 Å². The summed E-state index contributed by atoms with van der Waals surface area (Å²) in [7, 11) is -0.550. The van der Waals surface area contributed by atoms with Gasteiger partial charge in [0.05, 0.1) is 37.6 Å². The molecule has 0 aromatic heterocycles. The van der Waals surface area contributed by atoms with Crippen molar-refractivity contribution in [1.82, 2.24) is 9.21 Å². The van der Waals surface area contributed by atoms with E-state index in [1.807, 2.05) is 4.90 Å². The van der Waals surface area contributed by atoms with Crippen LogP contribution in [0.3, 0.4) is 0 Å². The van der Waals surface area contributed by atoms with E-state index in [0.717, 1.165) is 43.4 Å². The lowest BCUT2D eigenvalue weighted by atomic mass is 10.2. The normalized spacial score (nSPS) is 16.8. The summed E-state index contributed by atoms with van der Waals surface area (Å²) < 4.78 is 25.5. The number of nitrogens with one attached hydrogen (secondary N) is 1. The van der Waals surface area contributed by atoms with E-state index in [4.69, 9.17) is 0 Å². The van der Waals surface area contributed by atoms with Crippen molar-refractivity contribution in [3.05, 3.63) is 29.8 Å². The van der Waals surface area contributed by atoms with Crippen molar-refractivity contribution in [2.24, 2.45) is 0 Å². The second-order valence-corrected chi connectivity index (χ2v) is 8.26. The van der Waals surface area contributed by atoms with E-state index in [2.05, 4.69) is 6.92 Å². The Morgan fingerprint density at radius 2 is 1.91 bits per heavy atom. The summed E-state index contributed by atoms with van der Waals surface area (Å²) in [6.07, 6.45) is 1.15. The first-order valence-electron chi connectivity index (χ1n) is 8.01. The van der Waals surface area contributed by atoms with E-state index in [1.54, 1.807) is 12.1 Å². The van der Waals surface area contributed by atoms with Crippen molar-refractivity contribution in [3.63, 3.8) is 0 Å². The van der Waals surface area contributed by atoms with Crippen LogP contribution in [-0.4, -0.2) is 70.3 Å². The van der Waals surface area contributed by atoms with Crippen LogP contribution < -0.4 is 4.90 Å². The maximum atomic E-state index is 12.6. The molecule has 0 aliphatic carbocycles. The van der Waals surface area contributed by atoms with Crippen LogP contribution in [-0.2, 0) is 10.0 Å². The lowest BCUT2D eigenvalue weighted by Crippen LogP contribution is -3.14. The van der Waals surface area contributed by atoms with E-state index < -0.39 is 10.0 Å². The molecule has 1 saturated heterocycles. The predicted octanol–water partition coefficient (Wildman–Crippen LogP) is -0.312. The van der Waals surface area contributed by atoms with Gasteiger partial charge in [-0.05, 0) is 24.6 Å². The highest BCUT2D eigenvalue weighted by molar-refractivity contribution is 7.89. The molecular formula is C16H26N3O3S+. The molecule has 23 heavy (non-hydrogen) atoms. The van der Waals surface area contributed by atoms with Gasteiger partial charge in [0.25, 0.3) is 5.91 Å². The summed E-state index contributed by atoms with van der Waals surface area (Å²) in [5.41, 5.74) is 0.437. The number of rotatable bonds is 5. The average molecular weight is 340 g/mol. The molecule has 0 radical (unpaired) electrons. The lowest BCUT2D eigenvalue weighted by molar-refractivity contribution is -0.904. The molecule has 7 heteroatoms. The maximum absolute atomic E-state index is 12.6. The standard InChI is InChI=1S/C16H25N3O3S/c1-4-8-18-9-11-19(12-10-18)16(20)14-6-5-7-15(13-14)23(21,22)17(2)3/h5-7,13H,4,8-12H2,1-3H3/p+1. The third-order valence-electron chi connectivity index (χ3n) is 4.22. The fraction of sp³-hybridized carbons (Fsp3) is 0.562. The average Bonchev–Trinajstić information content (AvgIpc) is 2.55. The van der Waals surface area contributed by atoms with Crippen molar-refractivity contribution in [1.29, 1.82) is 0 Å². The van der Waals surface area contributed by atoms with Gasteiger partial charge in [0, 0.05) is 19.7 Å². The van der Waals surface area contributed by atoms with Gasteiger partial charge in [-0.1, -0.05) is 13.0 Å². The molecule has 1 aromatic carbocycles. The Hall–Kier alpha value is -1.44. The minimum Gasteiger partial charge on any atom is -0.332 e. The molecule has 128 valence electrons. The van der Waals surface area contributed by atoms with E-state index in [9.17, 15) is 13.2 Å². The molecule has 1 N–H and O–H groups in total. The third-order valence-corrected chi connectivity index (χ3v) is 6.03. The minimum absolute atomic E-state index is 0.0867. The van der Waals surface area contributed by atoms with Gasteiger partial charge in [-0.2, -0.15) is 0 Å². The summed E-state index contributed by atoms with van der Waals surface area (Å²) in [6, 6.07) is 6.31. The first-order chi connectivity index (χ1) is 10.9. The van der Waals surface area contributed by atoms with Crippen LogP contribution in [0.1, 0.15) is 23.7 Å². The molecule has 1 aliphatic heterocycles. The second kappa shape index (κ2) is 7.42. The summed E-state index contributed by atoms with van der Waals surface area (Å²) in [4.78, 5) is 16.1. The topological polar surface area (TPSA) is 62.1 Å². The molecule has 1 aliphatic rings. The summed E-state index contributed by atoms with van der Waals surface area (Å²) in [5.74, 6) is -0.0867. The highest BCUT2D eigenvalue weighted by Gasteiger charge is 2.25. The van der Waals surface area contributed by atoms with Gasteiger partial charge in [0.2, 0.25) is 10.0 Å². The largest absolute Gasteiger partial charge is 0.332 e. The minimum atomic E-state index is -3.52. The Morgan fingerprint density at radius 1 is 1.26 bits per heavy atom. The Bertz CT molecular complexity index is 650. The van der Waals surface area contributed by atoms with Gasteiger partial charge in [-0.3, -0.25) is 4.79 Å². The lowest BCUT2D eigenvalue weighted by Gasteiger charge is -2.32. The number of carbonyl (C=O) groups is 1. The second-order valence-electron chi connectivity index (χ2n) is 6.11. The van der Waals surface area contributed by atoms with Gasteiger partial charge in [-0.25, -0.2) is 12.7 Å². The number of sulfonamides is 1. The molecular weight excluding hydrogens is 314 g/mol. The van der Waals surface area contributed by atoms with Crippen LogP contribution >= 0.6 is 0 Å². The molecule has 0 atom stereocenters. The van der Waals surface area contributed by atoms with Gasteiger partial charge >= 0.3 is 0 Å². The highest BCUT2D eigenvalue weighted by Crippen LogP contribution is 2.16. The summed E-state index contributed by atoms with van der Waals surface area (Å²) in [5, 5.41) is 0. The monoisotopic (exact) mass is 340 g/mol. The highest BCUT2D eigenvalue weighted by atomic mass is 32.2. The van der Waals surface area contributed by atoms with E-state index in [0.29, 0.717) is 5.56 Å². The molecule has 0 spiro atoms. The fourth-order valence-electron chi connectivity index (χ4n) is 2.81. The quantitative estimate of drug-likeness (QED) is 0.800. The molecule has 1 amide bonds. The number of amides is 1. The first kappa shape index (κ1) is 17.9. The molecule has 1 aromatic rings. The van der Waals surface area contributed by atoms with Crippen molar-refractivity contribution in [3.8, 4) is 0 Å². The number of hydrogen-bond donors (Lipinski definition) is 1. The number of benzene rings is 1. The van der Waals surface area contributed by atoms with Crippen LogP contribution in [0.4, 0.5) is 0 Å². The number of nitrogens with zero attached hydrogens (tertiary/aromatic N) is 2. The molecule has 2 rings (SSSR count). The molecule has 1 fully saturated rings.